The molecule has 0 heterocycles. The average molecular weight is 371 g/mol. The van der Waals surface area contributed by atoms with E-state index in [-0.39, 0.29) is 11.7 Å². The maximum Gasteiger partial charge on any atom is 0.321 e. The molecule has 0 N–H and O–H groups in total. The second-order valence-electron chi connectivity index (χ2n) is 6.01. The van der Waals surface area contributed by atoms with Crippen LogP contribution in [0.5, 0.6) is 5.75 Å². The Kier molecular flexibility index (Phi) is 5.36. The van der Waals surface area contributed by atoms with Gasteiger partial charge in [0, 0.05) is 15.3 Å². The summed E-state index contributed by atoms with van der Waals surface area (Å²) in [6.45, 7) is 5.94. The first-order valence-corrected chi connectivity index (χ1v) is 9.41. The van der Waals surface area contributed by atoms with Crippen molar-refractivity contribution < 1.29 is 9.53 Å². The first kappa shape index (κ1) is 17.8. The van der Waals surface area contributed by atoms with Crippen LogP contribution >= 0.6 is 23.4 Å². The minimum Gasteiger partial charge on any atom is -0.425 e. The summed E-state index contributed by atoms with van der Waals surface area (Å²) in [7, 11) is 0. The number of halogens is 1. The molecule has 0 aromatic heterocycles. The standard InChI is InChI=1S/C21H19ClO2S/c1-13-10-11-14(2)21(15(13)3)24-19(23)12-25-18-9-5-7-16-6-4-8-17(22)20(16)18/h4-11H,12H2,1-3H3. The quantitative estimate of drug-likeness (QED) is 0.314. The largest absolute Gasteiger partial charge is 0.425 e. The lowest BCUT2D eigenvalue weighted by molar-refractivity contribution is -0.131. The predicted octanol–water partition coefficient (Wildman–Crippen LogP) is 6.12. The maximum atomic E-state index is 12.3. The topological polar surface area (TPSA) is 26.3 Å². The Morgan fingerprint density at radius 2 is 1.68 bits per heavy atom. The Hall–Kier alpha value is -1.97. The van der Waals surface area contributed by atoms with Crippen LogP contribution in [0.25, 0.3) is 10.8 Å². The summed E-state index contributed by atoms with van der Waals surface area (Å²) in [5, 5.41) is 2.74. The van der Waals surface area contributed by atoms with Gasteiger partial charge in [-0.25, -0.2) is 0 Å². The fourth-order valence-corrected chi connectivity index (χ4v) is 3.96. The SMILES string of the molecule is Cc1ccc(C)c(OC(=O)CSc2cccc3cccc(Cl)c23)c1C. The van der Waals surface area contributed by atoms with Crippen LogP contribution in [-0.2, 0) is 4.79 Å². The van der Waals surface area contributed by atoms with E-state index in [0.29, 0.717) is 10.8 Å². The molecule has 0 aliphatic heterocycles. The zero-order chi connectivity index (χ0) is 18.0. The molecule has 0 saturated carbocycles. The van der Waals surface area contributed by atoms with Gasteiger partial charge < -0.3 is 4.74 Å². The van der Waals surface area contributed by atoms with Gasteiger partial charge >= 0.3 is 5.97 Å². The van der Waals surface area contributed by atoms with Gasteiger partial charge in [0.25, 0.3) is 0 Å². The first-order valence-electron chi connectivity index (χ1n) is 8.05. The summed E-state index contributed by atoms with van der Waals surface area (Å²) in [6, 6.07) is 15.8. The number of carbonyl (C=O) groups is 1. The molecule has 4 heteroatoms. The molecule has 0 spiro atoms. The van der Waals surface area contributed by atoms with Crippen molar-refractivity contribution in [1.29, 1.82) is 0 Å². The lowest BCUT2D eigenvalue weighted by atomic mass is 10.1. The van der Waals surface area contributed by atoms with Gasteiger partial charge in [-0.3, -0.25) is 4.79 Å². The summed E-state index contributed by atoms with van der Waals surface area (Å²) >= 11 is 7.79. The molecule has 0 saturated heterocycles. The van der Waals surface area contributed by atoms with Crippen LogP contribution in [0.4, 0.5) is 0 Å². The summed E-state index contributed by atoms with van der Waals surface area (Å²) < 4.78 is 5.63. The van der Waals surface area contributed by atoms with Gasteiger partial charge in [-0.1, -0.05) is 48.0 Å². The van der Waals surface area contributed by atoms with Crippen LogP contribution in [-0.4, -0.2) is 11.7 Å². The van der Waals surface area contributed by atoms with Crippen molar-refractivity contribution in [2.24, 2.45) is 0 Å². The van der Waals surface area contributed by atoms with Gasteiger partial charge in [0.2, 0.25) is 0 Å². The number of thioether (sulfide) groups is 1. The number of hydrogen-bond donors (Lipinski definition) is 0. The van der Waals surface area contributed by atoms with Gasteiger partial charge in [-0.15, -0.1) is 11.8 Å². The van der Waals surface area contributed by atoms with Crippen molar-refractivity contribution in [3.05, 3.63) is 70.2 Å². The fourth-order valence-electron chi connectivity index (χ4n) is 2.74. The molecule has 25 heavy (non-hydrogen) atoms. The van der Waals surface area contributed by atoms with Crippen molar-refractivity contribution in [2.45, 2.75) is 25.7 Å². The Bertz CT molecular complexity index is 945. The highest BCUT2D eigenvalue weighted by Crippen LogP contribution is 2.33. The molecule has 3 rings (SSSR count). The van der Waals surface area contributed by atoms with Crippen molar-refractivity contribution in [1.82, 2.24) is 0 Å². The van der Waals surface area contributed by atoms with Crippen molar-refractivity contribution in [3.8, 4) is 5.75 Å². The normalized spacial score (nSPS) is 10.9. The van der Waals surface area contributed by atoms with Crippen molar-refractivity contribution in [3.63, 3.8) is 0 Å². The molecular weight excluding hydrogens is 352 g/mol. The summed E-state index contributed by atoms with van der Waals surface area (Å²) in [5.41, 5.74) is 3.09. The number of ether oxygens (including phenoxy) is 1. The molecule has 3 aromatic carbocycles. The minimum atomic E-state index is -0.258. The highest BCUT2D eigenvalue weighted by molar-refractivity contribution is 8.00. The Balaban J connectivity index is 1.77. The van der Waals surface area contributed by atoms with Crippen LogP contribution in [0, 0.1) is 20.8 Å². The van der Waals surface area contributed by atoms with E-state index in [1.54, 1.807) is 0 Å². The van der Waals surface area contributed by atoms with Gasteiger partial charge in [-0.2, -0.15) is 0 Å². The van der Waals surface area contributed by atoms with Gasteiger partial charge in [0.1, 0.15) is 5.75 Å². The highest BCUT2D eigenvalue weighted by Gasteiger charge is 2.13. The smallest absolute Gasteiger partial charge is 0.321 e. The number of rotatable bonds is 4. The molecule has 0 amide bonds. The summed E-state index contributed by atoms with van der Waals surface area (Å²) in [6.07, 6.45) is 0. The Morgan fingerprint density at radius 3 is 2.44 bits per heavy atom. The molecule has 128 valence electrons. The number of esters is 1. The van der Waals surface area contributed by atoms with Gasteiger partial charge in [0.05, 0.1) is 5.75 Å². The summed E-state index contributed by atoms with van der Waals surface area (Å²) in [5.74, 6) is 0.643. The van der Waals surface area contributed by atoms with Crippen LogP contribution in [0.2, 0.25) is 5.02 Å². The van der Waals surface area contributed by atoms with E-state index in [0.717, 1.165) is 32.4 Å². The summed E-state index contributed by atoms with van der Waals surface area (Å²) in [4.78, 5) is 13.3. The van der Waals surface area contributed by atoms with E-state index in [1.807, 2.05) is 69.3 Å². The van der Waals surface area contributed by atoms with Crippen LogP contribution in [0.15, 0.2) is 53.4 Å². The van der Waals surface area contributed by atoms with E-state index >= 15 is 0 Å². The van der Waals surface area contributed by atoms with E-state index in [9.17, 15) is 4.79 Å². The fraction of sp³-hybridized carbons (Fsp3) is 0.190. The number of hydrogen-bond acceptors (Lipinski definition) is 3. The van der Waals surface area contributed by atoms with Crippen LogP contribution in [0.1, 0.15) is 16.7 Å². The van der Waals surface area contributed by atoms with E-state index in [4.69, 9.17) is 16.3 Å². The highest BCUT2D eigenvalue weighted by atomic mass is 35.5. The minimum absolute atomic E-state index is 0.233. The monoisotopic (exact) mass is 370 g/mol. The third kappa shape index (κ3) is 3.83. The molecule has 0 radical (unpaired) electrons. The molecule has 3 aromatic rings. The zero-order valence-corrected chi connectivity index (χ0v) is 16.0. The molecule has 2 nitrogen and oxygen atoms in total. The van der Waals surface area contributed by atoms with Crippen molar-refractivity contribution >= 4 is 40.1 Å². The zero-order valence-electron chi connectivity index (χ0n) is 14.4. The molecule has 0 aliphatic carbocycles. The van der Waals surface area contributed by atoms with E-state index < -0.39 is 0 Å². The van der Waals surface area contributed by atoms with Crippen LogP contribution in [0.3, 0.4) is 0 Å². The van der Waals surface area contributed by atoms with E-state index in [2.05, 4.69) is 0 Å². The first-order chi connectivity index (χ1) is 12.0. The third-order valence-electron chi connectivity index (χ3n) is 4.25. The Morgan fingerprint density at radius 1 is 1.00 bits per heavy atom. The second kappa shape index (κ2) is 7.51. The van der Waals surface area contributed by atoms with Crippen LogP contribution < -0.4 is 4.74 Å². The van der Waals surface area contributed by atoms with Gasteiger partial charge in [0.15, 0.2) is 0 Å². The maximum absolute atomic E-state index is 12.3. The van der Waals surface area contributed by atoms with E-state index in [1.165, 1.54) is 11.8 Å². The molecule has 0 fully saturated rings. The molecule has 0 atom stereocenters. The third-order valence-corrected chi connectivity index (χ3v) is 5.60. The van der Waals surface area contributed by atoms with Crippen molar-refractivity contribution in [2.75, 3.05) is 5.75 Å². The molecule has 0 unspecified atom stereocenters. The average Bonchev–Trinajstić information content (AvgIpc) is 2.60. The second-order valence-corrected chi connectivity index (χ2v) is 7.43. The molecule has 0 aliphatic rings. The number of benzene rings is 3. The lowest BCUT2D eigenvalue weighted by Gasteiger charge is -2.13. The number of fused-ring (bicyclic) bond motifs is 1. The Labute approximate surface area is 157 Å². The molecule has 0 bridgehead atoms. The lowest BCUT2D eigenvalue weighted by Crippen LogP contribution is -2.12. The number of aryl methyl sites for hydroxylation is 2. The molecular formula is C21H19ClO2S. The predicted molar refractivity (Wildman–Crippen MR) is 106 cm³/mol. The number of carbonyl (C=O) groups excluding carboxylic acids is 1. The van der Waals surface area contributed by atoms with Gasteiger partial charge in [-0.05, 0) is 55.0 Å².